The molecular formula is C22H22F3N3O4S. The first-order valence-corrected chi connectivity index (χ1v) is 11.8. The molecule has 0 N–H and O–H groups in total. The first kappa shape index (κ1) is 24.3. The van der Waals surface area contributed by atoms with Gasteiger partial charge in [-0.2, -0.15) is 18.3 Å². The minimum atomic E-state index is -4.52. The lowest BCUT2D eigenvalue weighted by Gasteiger charge is -2.17. The molecule has 0 fully saturated rings. The summed E-state index contributed by atoms with van der Waals surface area (Å²) in [5.74, 6) is 0.173. The number of carbonyl (C=O) groups excluding carboxylic acids is 1. The molecule has 0 aliphatic carbocycles. The molecule has 0 atom stereocenters. The Morgan fingerprint density at radius 1 is 1.12 bits per heavy atom. The molecule has 0 radical (unpaired) electrons. The molecule has 3 aromatic rings. The van der Waals surface area contributed by atoms with Crippen LogP contribution in [-0.2, 0) is 16.0 Å². The van der Waals surface area contributed by atoms with Crippen molar-refractivity contribution in [3.8, 4) is 11.4 Å². The SMILES string of the molecule is CN(CCCOc1cccc(S(C)(=O)=O)c1)C(=O)c1ccc(-n2ccc(C(F)(F)F)n2)cc1. The molecule has 0 aliphatic heterocycles. The first-order chi connectivity index (χ1) is 15.4. The molecule has 11 heteroatoms. The van der Waals surface area contributed by atoms with Crippen molar-refractivity contribution in [3.63, 3.8) is 0 Å². The van der Waals surface area contributed by atoms with E-state index in [-0.39, 0.29) is 17.4 Å². The van der Waals surface area contributed by atoms with Crippen LogP contribution in [0.25, 0.3) is 5.69 Å². The van der Waals surface area contributed by atoms with Crippen molar-refractivity contribution >= 4 is 15.7 Å². The van der Waals surface area contributed by atoms with Crippen molar-refractivity contribution in [3.05, 3.63) is 72.1 Å². The molecule has 1 heterocycles. The van der Waals surface area contributed by atoms with E-state index in [9.17, 15) is 26.4 Å². The van der Waals surface area contributed by atoms with Gasteiger partial charge in [0, 0.05) is 31.6 Å². The molecule has 3 rings (SSSR count). The van der Waals surface area contributed by atoms with Crippen molar-refractivity contribution in [1.29, 1.82) is 0 Å². The summed E-state index contributed by atoms with van der Waals surface area (Å²) < 4.78 is 68.0. The third-order valence-corrected chi connectivity index (χ3v) is 5.86. The van der Waals surface area contributed by atoms with Gasteiger partial charge in [0.1, 0.15) is 5.75 Å². The Morgan fingerprint density at radius 2 is 1.82 bits per heavy atom. The molecule has 33 heavy (non-hydrogen) atoms. The van der Waals surface area contributed by atoms with Crippen LogP contribution in [0.5, 0.6) is 5.75 Å². The summed E-state index contributed by atoms with van der Waals surface area (Å²) in [4.78, 5) is 14.3. The van der Waals surface area contributed by atoms with E-state index >= 15 is 0 Å². The average molecular weight is 481 g/mol. The molecule has 7 nitrogen and oxygen atoms in total. The number of carbonyl (C=O) groups is 1. The smallest absolute Gasteiger partial charge is 0.435 e. The number of hydrogen-bond donors (Lipinski definition) is 0. The van der Waals surface area contributed by atoms with E-state index in [1.54, 1.807) is 19.2 Å². The summed E-state index contributed by atoms with van der Waals surface area (Å²) in [7, 11) is -1.70. The minimum absolute atomic E-state index is 0.167. The second-order valence-corrected chi connectivity index (χ2v) is 9.38. The van der Waals surface area contributed by atoms with Gasteiger partial charge in [0.25, 0.3) is 5.91 Å². The Bertz CT molecular complexity index is 1220. The zero-order valence-corrected chi connectivity index (χ0v) is 18.7. The number of benzene rings is 2. The van der Waals surface area contributed by atoms with E-state index in [1.807, 2.05) is 0 Å². The third-order valence-electron chi connectivity index (χ3n) is 4.75. The topological polar surface area (TPSA) is 81.5 Å². The highest BCUT2D eigenvalue weighted by Crippen LogP contribution is 2.28. The minimum Gasteiger partial charge on any atom is -0.493 e. The van der Waals surface area contributed by atoms with Crippen molar-refractivity contribution in [1.82, 2.24) is 14.7 Å². The van der Waals surface area contributed by atoms with Crippen molar-refractivity contribution in [2.75, 3.05) is 26.5 Å². The fourth-order valence-corrected chi connectivity index (χ4v) is 3.64. The van der Waals surface area contributed by atoms with Crippen LogP contribution >= 0.6 is 0 Å². The third kappa shape index (κ3) is 6.35. The Morgan fingerprint density at radius 3 is 2.42 bits per heavy atom. The van der Waals surface area contributed by atoms with Gasteiger partial charge in [-0.15, -0.1) is 0 Å². The van der Waals surface area contributed by atoms with Gasteiger partial charge in [-0.3, -0.25) is 4.79 Å². The number of sulfone groups is 1. The lowest BCUT2D eigenvalue weighted by Crippen LogP contribution is -2.28. The quantitative estimate of drug-likeness (QED) is 0.457. The normalized spacial score (nSPS) is 11.9. The van der Waals surface area contributed by atoms with E-state index in [4.69, 9.17) is 4.74 Å². The molecule has 176 valence electrons. The van der Waals surface area contributed by atoms with E-state index in [2.05, 4.69) is 5.10 Å². The summed E-state index contributed by atoms with van der Waals surface area (Å²) in [6, 6.07) is 13.2. The molecule has 0 saturated carbocycles. The van der Waals surface area contributed by atoms with Crippen LogP contribution in [0.4, 0.5) is 13.2 Å². The number of ether oxygens (including phenoxy) is 1. The fraction of sp³-hybridized carbons (Fsp3) is 0.273. The zero-order valence-electron chi connectivity index (χ0n) is 17.9. The van der Waals surface area contributed by atoms with E-state index < -0.39 is 21.7 Å². The zero-order chi connectivity index (χ0) is 24.2. The Balaban J connectivity index is 1.52. The summed E-state index contributed by atoms with van der Waals surface area (Å²) in [6.07, 6.45) is -1.69. The lowest BCUT2D eigenvalue weighted by atomic mass is 10.2. The van der Waals surface area contributed by atoms with Crippen LogP contribution in [0.1, 0.15) is 22.5 Å². The fourth-order valence-electron chi connectivity index (χ4n) is 2.98. The van der Waals surface area contributed by atoms with Crippen LogP contribution in [0, 0.1) is 0 Å². The number of halogens is 3. The van der Waals surface area contributed by atoms with Gasteiger partial charge < -0.3 is 9.64 Å². The van der Waals surface area contributed by atoms with Gasteiger partial charge in [-0.05, 0) is 55.0 Å². The van der Waals surface area contributed by atoms with Gasteiger partial charge in [-0.25, -0.2) is 13.1 Å². The highest BCUT2D eigenvalue weighted by Gasteiger charge is 2.33. The first-order valence-electron chi connectivity index (χ1n) is 9.87. The molecule has 2 aromatic carbocycles. The summed E-state index contributed by atoms with van der Waals surface area (Å²) in [5, 5.41) is 3.50. The lowest BCUT2D eigenvalue weighted by molar-refractivity contribution is -0.141. The molecule has 0 bridgehead atoms. The Kier molecular flexibility index (Phi) is 7.11. The second kappa shape index (κ2) is 9.65. The molecular weight excluding hydrogens is 459 g/mol. The van der Waals surface area contributed by atoms with Crippen LogP contribution < -0.4 is 4.74 Å². The molecule has 0 aliphatic rings. The van der Waals surface area contributed by atoms with Gasteiger partial charge in [-0.1, -0.05) is 6.07 Å². The maximum Gasteiger partial charge on any atom is 0.435 e. The van der Waals surface area contributed by atoms with Crippen molar-refractivity contribution in [2.45, 2.75) is 17.5 Å². The predicted molar refractivity (Wildman–Crippen MR) is 115 cm³/mol. The Labute approximate surface area is 189 Å². The van der Waals surface area contributed by atoms with Gasteiger partial charge >= 0.3 is 6.18 Å². The Hall–Kier alpha value is -3.34. The van der Waals surface area contributed by atoms with Gasteiger partial charge in [0.15, 0.2) is 15.5 Å². The molecule has 1 aromatic heterocycles. The van der Waals surface area contributed by atoms with Gasteiger partial charge in [0.2, 0.25) is 0 Å². The average Bonchev–Trinajstić information content (AvgIpc) is 3.27. The van der Waals surface area contributed by atoms with Crippen LogP contribution in [0.2, 0.25) is 0 Å². The number of amides is 1. The van der Waals surface area contributed by atoms with E-state index in [1.165, 1.54) is 47.5 Å². The van der Waals surface area contributed by atoms with E-state index in [0.717, 1.165) is 17.0 Å². The molecule has 0 saturated heterocycles. The van der Waals surface area contributed by atoms with Crippen LogP contribution in [0.3, 0.4) is 0 Å². The number of hydrogen-bond acceptors (Lipinski definition) is 5. The van der Waals surface area contributed by atoms with Crippen molar-refractivity contribution < 1.29 is 31.1 Å². The number of nitrogens with zero attached hydrogens (tertiary/aromatic N) is 3. The number of alkyl halides is 3. The summed E-state index contributed by atoms with van der Waals surface area (Å²) >= 11 is 0. The predicted octanol–water partition coefficient (Wildman–Crippen LogP) is 3.84. The monoisotopic (exact) mass is 481 g/mol. The highest BCUT2D eigenvalue weighted by molar-refractivity contribution is 7.90. The largest absolute Gasteiger partial charge is 0.493 e. The van der Waals surface area contributed by atoms with Gasteiger partial charge in [0.05, 0.1) is 17.2 Å². The highest BCUT2D eigenvalue weighted by atomic mass is 32.2. The molecule has 1 amide bonds. The number of aromatic nitrogens is 2. The van der Waals surface area contributed by atoms with Crippen LogP contribution in [-0.4, -0.2) is 55.5 Å². The van der Waals surface area contributed by atoms with E-state index in [0.29, 0.717) is 30.0 Å². The summed E-state index contributed by atoms with van der Waals surface area (Å²) in [6.45, 7) is 0.672. The maximum absolute atomic E-state index is 12.7. The standard InChI is InChI=1S/C22H22F3N3O4S/c1-27(12-4-14-32-18-5-3-6-19(15-18)33(2,30)31)21(29)16-7-9-17(10-8-16)28-13-11-20(26-28)22(23,24)25/h3,5-11,13,15H,4,12,14H2,1-2H3. The summed E-state index contributed by atoms with van der Waals surface area (Å²) in [5.41, 5.74) is -0.215. The second-order valence-electron chi connectivity index (χ2n) is 7.37. The van der Waals surface area contributed by atoms with Crippen LogP contribution in [0.15, 0.2) is 65.7 Å². The molecule has 0 unspecified atom stereocenters. The number of rotatable bonds is 8. The molecule has 0 spiro atoms. The maximum atomic E-state index is 12.7. The van der Waals surface area contributed by atoms with Crippen molar-refractivity contribution in [2.24, 2.45) is 0 Å².